The van der Waals surface area contributed by atoms with Crippen LogP contribution in [-0.4, -0.2) is 0 Å². The second kappa shape index (κ2) is 16.2. The van der Waals surface area contributed by atoms with Crippen molar-refractivity contribution in [1.29, 1.82) is 0 Å². The molecule has 1 aliphatic heterocycles. The van der Waals surface area contributed by atoms with E-state index in [4.69, 9.17) is 4.74 Å². The molecule has 2 aliphatic rings. The quantitative estimate of drug-likeness (QED) is 0.144. The summed E-state index contributed by atoms with van der Waals surface area (Å²) in [6.45, 7) is 0. The van der Waals surface area contributed by atoms with Crippen molar-refractivity contribution >= 4 is 44.9 Å². The van der Waals surface area contributed by atoms with Crippen molar-refractivity contribution in [1.82, 2.24) is 0 Å². The lowest BCUT2D eigenvalue weighted by molar-refractivity contribution is 0.488. The predicted octanol–water partition coefficient (Wildman–Crippen LogP) is 17.6. The zero-order valence-electron chi connectivity index (χ0n) is 37.2. The third-order valence-electron chi connectivity index (χ3n) is 13.9. The van der Waals surface area contributed by atoms with Crippen molar-refractivity contribution in [2.75, 3.05) is 9.80 Å². The average Bonchev–Trinajstić information content (AvgIpc) is 3.71. The highest BCUT2D eigenvalue weighted by molar-refractivity contribution is 6.11. The van der Waals surface area contributed by atoms with Crippen LogP contribution in [0.2, 0.25) is 0 Å². The summed E-state index contributed by atoms with van der Waals surface area (Å²) in [7, 11) is 0. The number of ether oxygens (including phenoxy) is 1. The molecule has 0 saturated carbocycles. The fraction of sp³-hybridized carbons (Fsp3) is 0.0154. The van der Waals surface area contributed by atoms with Crippen molar-refractivity contribution in [3.8, 4) is 44.9 Å². The van der Waals surface area contributed by atoms with Gasteiger partial charge in [-0.1, -0.05) is 200 Å². The van der Waals surface area contributed by atoms with Crippen LogP contribution in [0.3, 0.4) is 0 Å². The zero-order chi connectivity index (χ0) is 45.0. The molecule has 11 aromatic rings. The van der Waals surface area contributed by atoms with E-state index in [0.29, 0.717) is 0 Å². The van der Waals surface area contributed by atoms with Gasteiger partial charge in [-0.2, -0.15) is 0 Å². The molecule has 0 fully saturated rings. The lowest BCUT2D eigenvalue weighted by Crippen LogP contribution is -2.28. The molecule has 13 rings (SSSR count). The minimum absolute atomic E-state index is 0.559. The third-order valence-corrected chi connectivity index (χ3v) is 13.9. The lowest BCUT2D eigenvalue weighted by Gasteiger charge is -2.35. The van der Waals surface area contributed by atoms with Gasteiger partial charge in [-0.3, -0.25) is 0 Å². The van der Waals surface area contributed by atoms with Crippen LogP contribution < -0.4 is 14.5 Å². The molecule has 0 radical (unpaired) electrons. The van der Waals surface area contributed by atoms with Crippen LogP contribution in [0, 0.1) is 0 Å². The second-order valence-electron chi connectivity index (χ2n) is 17.6. The van der Waals surface area contributed by atoms with Gasteiger partial charge in [0.05, 0.1) is 16.8 Å². The minimum atomic E-state index is -0.559. The molecule has 0 atom stereocenters. The third kappa shape index (κ3) is 6.21. The normalized spacial score (nSPS) is 12.6. The molecule has 0 N–H and O–H groups in total. The van der Waals surface area contributed by atoms with Crippen LogP contribution in [0.25, 0.3) is 44.2 Å². The zero-order valence-corrected chi connectivity index (χ0v) is 37.2. The smallest absolute Gasteiger partial charge is 0.159 e. The Labute approximate surface area is 397 Å². The lowest BCUT2D eigenvalue weighted by atomic mass is 9.67. The first kappa shape index (κ1) is 39.4. The summed E-state index contributed by atoms with van der Waals surface area (Å²) in [6, 6.07) is 96.5. The number of anilines is 6. The standard InChI is InChI=1S/C65H44N2O/c1-6-20-45(21-7-1)46-36-39-52(40-37-46)67(53-41-42-55-54-31-16-17-33-57(54)65(58(55)44-53,48-23-8-2-9-24-48)49-25-10-3-11-26-49)59-34-19-35-61-63(59)56-32-18-22-47-38-43-60(64(68-61)62(47)56)66(50-27-12-4-13-28-50)51-29-14-5-15-30-51/h1-44H. The highest BCUT2D eigenvalue weighted by atomic mass is 16.5. The largest absolute Gasteiger partial charge is 0.454 e. The van der Waals surface area contributed by atoms with Crippen LogP contribution >= 0.6 is 0 Å². The molecular formula is C65H44N2O. The van der Waals surface area contributed by atoms with E-state index in [9.17, 15) is 0 Å². The molecule has 0 spiro atoms. The molecule has 1 heterocycles. The molecule has 0 bridgehead atoms. The molecular weight excluding hydrogens is 825 g/mol. The molecule has 68 heavy (non-hydrogen) atoms. The van der Waals surface area contributed by atoms with Gasteiger partial charge in [0.1, 0.15) is 5.75 Å². The summed E-state index contributed by atoms with van der Waals surface area (Å²) in [5.41, 5.74) is 17.7. The first-order chi connectivity index (χ1) is 33.8. The summed E-state index contributed by atoms with van der Waals surface area (Å²) in [5.74, 6) is 1.64. The van der Waals surface area contributed by atoms with E-state index in [0.717, 1.165) is 73.1 Å². The summed E-state index contributed by atoms with van der Waals surface area (Å²) in [4.78, 5) is 4.74. The Bertz CT molecular complexity index is 3550. The predicted molar refractivity (Wildman–Crippen MR) is 282 cm³/mol. The second-order valence-corrected chi connectivity index (χ2v) is 17.6. The first-order valence-electron chi connectivity index (χ1n) is 23.3. The molecule has 320 valence electrons. The van der Waals surface area contributed by atoms with Gasteiger partial charge in [0, 0.05) is 33.7 Å². The Morgan fingerprint density at radius 2 is 0.838 bits per heavy atom. The number of hydrogen-bond acceptors (Lipinski definition) is 3. The van der Waals surface area contributed by atoms with Crippen molar-refractivity contribution in [3.05, 3.63) is 289 Å². The van der Waals surface area contributed by atoms with Crippen molar-refractivity contribution in [2.24, 2.45) is 0 Å². The van der Waals surface area contributed by atoms with Gasteiger partial charge >= 0.3 is 0 Å². The Hall–Kier alpha value is -8.92. The maximum Gasteiger partial charge on any atom is 0.159 e. The minimum Gasteiger partial charge on any atom is -0.454 e. The molecule has 0 amide bonds. The van der Waals surface area contributed by atoms with E-state index in [1.807, 2.05) is 0 Å². The molecule has 3 nitrogen and oxygen atoms in total. The van der Waals surface area contributed by atoms with E-state index >= 15 is 0 Å². The van der Waals surface area contributed by atoms with E-state index in [1.165, 1.54) is 38.9 Å². The maximum atomic E-state index is 7.34. The fourth-order valence-electron chi connectivity index (χ4n) is 11.0. The number of hydrogen-bond donors (Lipinski definition) is 0. The van der Waals surface area contributed by atoms with E-state index in [-0.39, 0.29) is 0 Å². The summed E-state index contributed by atoms with van der Waals surface area (Å²) >= 11 is 0. The number of benzene rings is 11. The topological polar surface area (TPSA) is 15.7 Å². The molecule has 3 heteroatoms. The molecule has 0 aromatic heterocycles. The maximum absolute atomic E-state index is 7.34. The number of rotatable bonds is 9. The van der Waals surface area contributed by atoms with Gasteiger partial charge < -0.3 is 14.5 Å². The number of nitrogens with zero attached hydrogens (tertiary/aromatic N) is 2. The molecule has 0 saturated heterocycles. The molecule has 0 unspecified atom stereocenters. The van der Waals surface area contributed by atoms with Crippen molar-refractivity contribution in [2.45, 2.75) is 5.41 Å². The van der Waals surface area contributed by atoms with E-state index in [1.54, 1.807) is 0 Å². The Morgan fingerprint density at radius 1 is 0.324 bits per heavy atom. The molecule has 11 aromatic carbocycles. The Balaban J connectivity index is 1.06. The van der Waals surface area contributed by atoms with Gasteiger partial charge in [-0.25, -0.2) is 0 Å². The SMILES string of the molecule is c1ccc(-c2ccc(N(c3ccc4c(c3)C(c3ccccc3)(c3ccccc3)c3ccccc3-4)c3cccc4c3-c3cccc5ccc(N(c6ccccc6)c6ccccc6)c(c35)O4)cc2)cc1. The van der Waals surface area contributed by atoms with Crippen LogP contribution in [0.5, 0.6) is 11.5 Å². The Morgan fingerprint density at radius 3 is 1.51 bits per heavy atom. The fourth-order valence-corrected chi connectivity index (χ4v) is 11.0. The van der Waals surface area contributed by atoms with Crippen LogP contribution in [0.15, 0.2) is 267 Å². The van der Waals surface area contributed by atoms with E-state index < -0.39 is 5.41 Å². The Kier molecular flexibility index (Phi) is 9.40. The van der Waals surface area contributed by atoms with Gasteiger partial charge in [0.15, 0.2) is 5.75 Å². The summed E-state index contributed by atoms with van der Waals surface area (Å²) in [6.07, 6.45) is 0. The highest BCUT2D eigenvalue weighted by Gasteiger charge is 2.46. The number of para-hydroxylation sites is 2. The van der Waals surface area contributed by atoms with Crippen molar-refractivity contribution in [3.63, 3.8) is 0 Å². The summed E-state index contributed by atoms with van der Waals surface area (Å²) in [5, 5.41) is 2.20. The molecule has 1 aliphatic carbocycles. The summed E-state index contributed by atoms with van der Waals surface area (Å²) < 4.78 is 7.34. The first-order valence-corrected chi connectivity index (χ1v) is 23.3. The monoisotopic (exact) mass is 868 g/mol. The van der Waals surface area contributed by atoms with Crippen LogP contribution in [0.4, 0.5) is 34.1 Å². The highest BCUT2D eigenvalue weighted by Crippen LogP contribution is 2.59. The van der Waals surface area contributed by atoms with Crippen LogP contribution in [0.1, 0.15) is 22.3 Å². The van der Waals surface area contributed by atoms with E-state index in [2.05, 4.69) is 277 Å². The van der Waals surface area contributed by atoms with Crippen LogP contribution in [-0.2, 0) is 5.41 Å². The van der Waals surface area contributed by atoms with Gasteiger partial charge in [-0.05, 0) is 122 Å². The van der Waals surface area contributed by atoms with Gasteiger partial charge in [0.25, 0.3) is 0 Å². The van der Waals surface area contributed by atoms with Gasteiger partial charge in [-0.15, -0.1) is 0 Å². The number of fused-ring (bicyclic) bond motifs is 5. The van der Waals surface area contributed by atoms with Crippen molar-refractivity contribution < 1.29 is 4.74 Å². The van der Waals surface area contributed by atoms with Gasteiger partial charge in [0.2, 0.25) is 0 Å². The average molecular weight is 869 g/mol.